The van der Waals surface area contributed by atoms with Crippen molar-refractivity contribution in [2.75, 3.05) is 5.73 Å². The highest BCUT2D eigenvalue weighted by Gasteiger charge is 2.32. The summed E-state index contributed by atoms with van der Waals surface area (Å²) in [4.78, 5) is 11.6. The van der Waals surface area contributed by atoms with Crippen LogP contribution in [0, 0.1) is 0 Å². The van der Waals surface area contributed by atoms with E-state index in [0.717, 1.165) is 34.2 Å². The minimum Gasteiger partial charge on any atom is -0.399 e. The number of hydrogen-bond acceptors (Lipinski definition) is 6. The van der Waals surface area contributed by atoms with Gasteiger partial charge in [0.05, 0.1) is 10.2 Å². The number of anilines is 1. The molecule has 2 aromatic heterocycles. The van der Waals surface area contributed by atoms with E-state index >= 15 is 0 Å². The Bertz CT molecular complexity index is 801. The second-order valence-corrected chi connectivity index (χ2v) is 6.28. The monoisotopic (exact) mass is 328 g/mol. The number of nitrogens with zero attached hydrogens (tertiary/aromatic N) is 3. The second-order valence-electron chi connectivity index (χ2n) is 4.03. The van der Waals surface area contributed by atoms with Gasteiger partial charge in [-0.3, -0.25) is 0 Å². The number of thiazole rings is 1. The summed E-state index contributed by atoms with van der Waals surface area (Å²) in [6, 6.07) is 6.09. The first-order chi connectivity index (χ1) is 9.91. The van der Waals surface area contributed by atoms with E-state index in [9.17, 15) is 13.2 Å². The van der Waals surface area contributed by atoms with Crippen LogP contribution in [-0.4, -0.2) is 15.0 Å². The molecule has 1 aromatic carbocycles. The minimum atomic E-state index is -4.49. The van der Waals surface area contributed by atoms with E-state index in [2.05, 4.69) is 15.0 Å². The standard InChI is InChI=1S/C12H7F3N4S2/c13-12(14,15)9-3-4-17-10(19-9)21-11-18-7-2-1-6(16)5-8(7)20-11/h1-5H,16H2. The molecule has 0 aliphatic heterocycles. The summed E-state index contributed by atoms with van der Waals surface area (Å²) in [5.74, 6) is 0. The van der Waals surface area contributed by atoms with Gasteiger partial charge in [-0.1, -0.05) is 0 Å². The number of benzene rings is 1. The molecule has 4 nitrogen and oxygen atoms in total. The molecule has 0 saturated carbocycles. The second kappa shape index (κ2) is 5.15. The van der Waals surface area contributed by atoms with Gasteiger partial charge in [-0.25, -0.2) is 15.0 Å². The van der Waals surface area contributed by atoms with Crippen LogP contribution in [0.25, 0.3) is 10.2 Å². The van der Waals surface area contributed by atoms with Crippen molar-refractivity contribution in [3.8, 4) is 0 Å². The predicted molar refractivity (Wildman–Crippen MR) is 75.2 cm³/mol. The maximum absolute atomic E-state index is 12.6. The molecule has 0 aliphatic carbocycles. The van der Waals surface area contributed by atoms with Gasteiger partial charge in [-0.15, -0.1) is 11.3 Å². The van der Waals surface area contributed by atoms with Gasteiger partial charge in [0.25, 0.3) is 0 Å². The molecular formula is C12H7F3N4S2. The average molecular weight is 328 g/mol. The molecule has 0 fully saturated rings. The van der Waals surface area contributed by atoms with Gasteiger partial charge in [-0.05, 0) is 36.0 Å². The van der Waals surface area contributed by atoms with Crippen molar-refractivity contribution < 1.29 is 13.2 Å². The number of nitrogen functional groups attached to an aromatic ring is 1. The number of halogens is 3. The van der Waals surface area contributed by atoms with Gasteiger partial charge in [0, 0.05) is 11.9 Å². The topological polar surface area (TPSA) is 64.7 Å². The summed E-state index contributed by atoms with van der Waals surface area (Å²) >= 11 is 2.32. The SMILES string of the molecule is Nc1ccc2nc(Sc3nccc(C(F)(F)F)n3)sc2c1. The molecule has 0 bridgehead atoms. The van der Waals surface area contributed by atoms with Crippen LogP contribution in [-0.2, 0) is 6.18 Å². The van der Waals surface area contributed by atoms with Crippen LogP contribution >= 0.6 is 23.1 Å². The molecule has 0 spiro atoms. The Morgan fingerprint density at radius 1 is 1.14 bits per heavy atom. The fourth-order valence-electron chi connectivity index (χ4n) is 1.59. The number of nitrogens with two attached hydrogens (primary N) is 1. The van der Waals surface area contributed by atoms with Crippen molar-refractivity contribution in [2.45, 2.75) is 15.7 Å². The van der Waals surface area contributed by atoms with Crippen molar-refractivity contribution in [3.63, 3.8) is 0 Å². The molecular weight excluding hydrogens is 321 g/mol. The third-order valence-electron chi connectivity index (χ3n) is 2.50. The van der Waals surface area contributed by atoms with Crippen LogP contribution in [0.5, 0.6) is 0 Å². The molecule has 0 aliphatic rings. The lowest BCUT2D eigenvalue weighted by Gasteiger charge is -2.05. The van der Waals surface area contributed by atoms with Gasteiger partial charge in [0.1, 0.15) is 5.69 Å². The molecule has 108 valence electrons. The maximum Gasteiger partial charge on any atom is 0.433 e. The highest BCUT2D eigenvalue weighted by atomic mass is 32.2. The van der Waals surface area contributed by atoms with Crippen molar-refractivity contribution in [1.82, 2.24) is 15.0 Å². The van der Waals surface area contributed by atoms with Gasteiger partial charge < -0.3 is 5.73 Å². The summed E-state index contributed by atoms with van der Waals surface area (Å²) in [6.45, 7) is 0. The summed E-state index contributed by atoms with van der Waals surface area (Å²) < 4.78 is 39.2. The highest BCUT2D eigenvalue weighted by Crippen LogP contribution is 2.35. The zero-order chi connectivity index (χ0) is 15.0. The molecule has 0 unspecified atom stereocenters. The fraction of sp³-hybridized carbons (Fsp3) is 0.0833. The quantitative estimate of drug-likeness (QED) is 0.572. The van der Waals surface area contributed by atoms with Crippen molar-refractivity contribution in [3.05, 3.63) is 36.2 Å². The molecule has 9 heteroatoms. The van der Waals surface area contributed by atoms with E-state index < -0.39 is 11.9 Å². The summed E-state index contributed by atoms with van der Waals surface area (Å²) in [5.41, 5.74) is 6.06. The van der Waals surface area contributed by atoms with E-state index in [4.69, 9.17) is 5.73 Å². The molecule has 3 aromatic rings. The Labute approximate surface area is 125 Å². The molecule has 2 N–H and O–H groups in total. The predicted octanol–water partition coefficient (Wildman–Crippen LogP) is 3.84. The number of hydrogen-bond donors (Lipinski definition) is 1. The molecule has 0 amide bonds. The van der Waals surface area contributed by atoms with Gasteiger partial charge in [-0.2, -0.15) is 13.2 Å². The van der Waals surface area contributed by atoms with E-state index in [1.165, 1.54) is 11.3 Å². The molecule has 0 atom stereocenters. The van der Waals surface area contributed by atoms with E-state index in [-0.39, 0.29) is 5.16 Å². The lowest BCUT2D eigenvalue weighted by molar-refractivity contribution is -0.141. The number of aromatic nitrogens is 3. The minimum absolute atomic E-state index is 0.0110. The molecule has 2 heterocycles. The molecule has 0 radical (unpaired) electrons. The van der Waals surface area contributed by atoms with Crippen LogP contribution < -0.4 is 5.73 Å². The third kappa shape index (κ3) is 3.08. The van der Waals surface area contributed by atoms with Crippen LogP contribution in [0.15, 0.2) is 40.0 Å². The first-order valence-corrected chi connectivity index (χ1v) is 7.29. The van der Waals surface area contributed by atoms with Crippen molar-refractivity contribution in [1.29, 1.82) is 0 Å². The Balaban J connectivity index is 1.91. The van der Waals surface area contributed by atoms with Crippen molar-refractivity contribution in [2.24, 2.45) is 0 Å². The zero-order valence-corrected chi connectivity index (χ0v) is 11.9. The normalized spacial score (nSPS) is 12.0. The fourth-order valence-corrected chi connectivity index (χ4v) is 3.55. The highest BCUT2D eigenvalue weighted by molar-refractivity contribution is 8.01. The smallest absolute Gasteiger partial charge is 0.399 e. The van der Waals surface area contributed by atoms with Crippen LogP contribution in [0.1, 0.15) is 5.69 Å². The third-order valence-corrected chi connectivity index (χ3v) is 4.45. The number of rotatable bonds is 2. The Morgan fingerprint density at radius 2 is 1.95 bits per heavy atom. The number of fused-ring (bicyclic) bond motifs is 1. The summed E-state index contributed by atoms with van der Waals surface area (Å²) in [5, 5.41) is 0.0110. The average Bonchev–Trinajstić information content (AvgIpc) is 2.79. The number of alkyl halides is 3. The Hall–Kier alpha value is -1.87. The lowest BCUT2D eigenvalue weighted by atomic mass is 10.3. The molecule has 21 heavy (non-hydrogen) atoms. The Kier molecular flexibility index (Phi) is 3.46. The molecule has 0 saturated heterocycles. The largest absolute Gasteiger partial charge is 0.433 e. The van der Waals surface area contributed by atoms with E-state index in [1.54, 1.807) is 18.2 Å². The van der Waals surface area contributed by atoms with Crippen molar-refractivity contribution >= 4 is 39.0 Å². The zero-order valence-electron chi connectivity index (χ0n) is 10.3. The van der Waals surface area contributed by atoms with Crippen LogP contribution in [0.3, 0.4) is 0 Å². The summed E-state index contributed by atoms with van der Waals surface area (Å²) in [6.07, 6.45) is -3.40. The van der Waals surface area contributed by atoms with E-state index in [0.29, 0.717) is 10.0 Å². The Morgan fingerprint density at radius 3 is 2.71 bits per heavy atom. The summed E-state index contributed by atoms with van der Waals surface area (Å²) in [7, 11) is 0. The van der Waals surface area contributed by atoms with E-state index in [1.807, 2.05) is 0 Å². The van der Waals surface area contributed by atoms with Gasteiger partial charge >= 0.3 is 6.18 Å². The molecule has 3 rings (SSSR count). The van der Waals surface area contributed by atoms with Crippen LogP contribution in [0.4, 0.5) is 18.9 Å². The van der Waals surface area contributed by atoms with Gasteiger partial charge in [0.15, 0.2) is 9.50 Å². The lowest BCUT2D eigenvalue weighted by Crippen LogP contribution is -2.08. The van der Waals surface area contributed by atoms with Crippen LogP contribution in [0.2, 0.25) is 0 Å². The van der Waals surface area contributed by atoms with Gasteiger partial charge in [0.2, 0.25) is 0 Å². The first kappa shape index (κ1) is 14.1. The maximum atomic E-state index is 12.6. The first-order valence-electron chi connectivity index (χ1n) is 5.66.